The maximum atomic E-state index is 12.8. The molecule has 0 bridgehead atoms. The molecule has 5 nitrogen and oxygen atoms in total. The summed E-state index contributed by atoms with van der Waals surface area (Å²) in [6.45, 7) is 5.27. The summed E-state index contributed by atoms with van der Waals surface area (Å²) in [6, 6.07) is 9.51. The van der Waals surface area contributed by atoms with Crippen molar-refractivity contribution >= 4 is 23.2 Å². The van der Waals surface area contributed by atoms with E-state index in [2.05, 4.69) is 4.98 Å². The Labute approximate surface area is 139 Å². The van der Waals surface area contributed by atoms with Crippen molar-refractivity contribution < 1.29 is 14.7 Å². The quantitative estimate of drug-likeness (QED) is 0.879. The molecular weight excluding hydrogens is 312 g/mol. The summed E-state index contributed by atoms with van der Waals surface area (Å²) in [4.78, 5) is 30.2. The van der Waals surface area contributed by atoms with Gasteiger partial charge in [-0.2, -0.15) is 0 Å². The van der Waals surface area contributed by atoms with Crippen molar-refractivity contribution in [3.05, 3.63) is 40.9 Å². The number of aryl methyl sites for hydroxylation is 1. The predicted molar refractivity (Wildman–Crippen MR) is 90.7 cm³/mol. The molecule has 0 aliphatic rings. The number of thiazole rings is 1. The fourth-order valence-electron chi connectivity index (χ4n) is 2.22. The number of carboxylic acids is 1. The number of aliphatic carboxylic acids is 1. The maximum absolute atomic E-state index is 12.8. The van der Waals surface area contributed by atoms with Crippen molar-refractivity contribution in [2.75, 3.05) is 6.54 Å². The van der Waals surface area contributed by atoms with E-state index in [0.717, 1.165) is 10.6 Å². The van der Waals surface area contributed by atoms with Gasteiger partial charge in [0.15, 0.2) is 0 Å². The van der Waals surface area contributed by atoms with Crippen LogP contribution in [0.1, 0.15) is 35.6 Å². The molecule has 1 N–H and O–H groups in total. The molecule has 0 spiro atoms. The first-order valence-corrected chi connectivity index (χ1v) is 8.31. The Hall–Kier alpha value is -2.21. The van der Waals surface area contributed by atoms with Gasteiger partial charge in [0.05, 0.1) is 5.69 Å². The number of aromatic nitrogens is 1. The van der Waals surface area contributed by atoms with Crippen LogP contribution < -0.4 is 0 Å². The Balaban J connectivity index is 2.34. The molecule has 0 saturated heterocycles. The van der Waals surface area contributed by atoms with E-state index in [1.54, 1.807) is 6.92 Å². The van der Waals surface area contributed by atoms with Crippen molar-refractivity contribution in [1.29, 1.82) is 0 Å². The summed E-state index contributed by atoms with van der Waals surface area (Å²) in [5, 5.41) is 9.84. The Bertz CT molecular complexity index is 697. The van der Waals surface area contributed by atoms with E-state index in [1.165, 1.54) is 16.2 Å². The Morgan fingerprint density at radius 1 is 1.30 bits per heavy atom. The lowest BCUT2D eigenvalue weighted by atomic mass is 10.2. The first kappa shape index (κ1) is 17.1. The second-order valence-corrected chi connectivity index (χ2v) is 6.38. The molecule has 0 fully saturated rings. The van der Waals surface area contributed by atoms with Crippen molar-refractivity contribution in [3.8, 4) is 10.6 Å². The minimum absolute atomic E-state index is 0.139. The predicted octanol–water partition coefficient (Wildman–Crippen LogP) is 3.44. The smallest absolute Gasteiger partial charge is 0.323 e. The fourth-order valence-corrected chi connectivity index (χ4v) is 3.25. The molecule has 122 valence electrons. The van der Waals surface area contributed by atoms with Crippen LogP contribution in [0.25, 0.3) is 10.6 Å². The van der Waals surface area contributed by atoms with Crippen molar-refractivity contribution in [2.24, 2.45) is 0 Å². The second-order valence-electron chi connectivity index (χ2n) is 5.38. The molecule has 1 aromatic carbocycles. The molecule has 0 radical (unpaired) electrons. The standard InChI is InChI=1S/C17H20N2O3S/c1-4-11(2)19(10-14(20)21)17(22)15-12(3)18-16(23-15)13-8-6-5-7-9-13/h5-9,11H,4,10H2,1-3H3,(H,20,21). The zero-order chi connectivity index (χ0) is 17.0. The summed E-state index contributed by atoms with van der Waals surface area (Å²) in [5.74, 6) is -1.27. The van der Waals surface area contributed by atoms with Crippen LogP contribution in [0, 0.1) is 6.92 Å². The monoisotopic (exact) mass is 332 g/mol. The van der Waals surface area contributed by atoms with Crippen LogP contribution in [0.5, 0.6) is 0 Å². The molecule has 1 aromatic heterocycles. The highest BCUT2D eigenvalue weighted by Gasteiger charge is 2.26. The summed E-state index contributed by atoms with van der Waals surface area (Å²) in [6.07, 6.45) is 0.697. The third kappa shape index (κ3) is 3.96. The molecule has 1 unspecified atom stereocenters. The first-order chi connectivity index (χ1) is 10.9. The van der Waals surface area contributed by atoms with E-state index in [9.17, 15) is 9.59 Å². The molecule has 6 heteroatoms. The van der Waals surface area contributed by atoms with Gasteiger partial charge in [0.25, 0.3) is 5.91 Å². The molecule has 2 rings (SSSR count). The molecule has 0 aliphatic carbocycles. The minimum atomic E-state index is -1.01. The highest BCUT2D eigenvalue weighted by atomic mass is 32.1. The molecular formula is C17H20N2O3S. The Kier molecular flexibility index (Phi) is 5.50. The number of carbonyl (C=O) groups is 2. The Morgan fingerprint density at radius 3 is 2.52 bits per heavy atom. The van der Waals surface area contributed by atoms with Gasteiger partial charge in [0, 0.05) is 11.6 Å². The zero-order valence-electron chi connectivity index (χ0n) is 13.4. The average Bonchev–Trinajstić information content (AvgIpc) is 2.94. The van der Waals surface area contributed by atoms with E-state index >= 15 is 0 Å². The van der Waals surface area contributed by atoms with E-state index in [1.807, 2.05) is 44.2 Å². The number of carboxylic acid groups (broad SMARTS) is 1. The Morgan fingerprint density at radius 2 is 1.96 bits per heavy atom. The number of carbonyl (C=O) groups excluding carboxylic acids is 1. The summed E-state index contributed by atoms with van der Waals surface area (Å²) < 4.78 is 0. The highest BCUT2D eigenvalue weighted by Crippen LogP contribution is 2.29. The van der Waals surface area contributed by atoms with Crippen LogP contribution in [-0.2, 0) is 4.79 Å². The summed E-state index contributed by atoms with van der Waals surface area (Å²) in [5.41, 5.74) is 1.59. The van der Waals surface area contributed by atoms with Gasteiger partial charge in [0.2, 0.25) is 0 Å². The van der Waals surface area contributed by atoms with Gasteiger partial charge >= 0.3 is 5.97 Å². The second kappa shape index (κ2) is 7.37. The van der Waals surface area contributed by atoms with Gasteiger partial charge < -0.3 is 10.0 Å². The minimum Gasteiger partial charge on any atom is -0.480 e. The van der Waals surface area contributed by atoms with Crippen molar-refractivity contribution in [2.45, 2.75) is 33.2 Å². The van der Waals surface area contributed by atoms with Crippen LogP contribution >= 0.6 is 11.3 Å². The third-order valence-corrected chi connectivity index (χ3v) is 4.90. The van der Waals surface area contributed by atoms with E-state index in [0.29, 0.717) is 17.0 Å². The topological polar surface area (TPSA) is 70.5 Å². The number of rotatable bonds is 6. The normalized spacial score (nSPS) is 12.0. The van der Waals surface area contributed by atoms with Crippen LogP contribution in [0.4, 0.5) is 0 Å². The number of hydrogen-bond donors (Lipinski definition) is 1. The first-order valence-electron chi connectivity index (χ1n) is 7.49. The van der Waals surface area contributed by atoms with Gasteiger partial charge in [-0.1, -0.05) is 37.3 Å². The van der Waals surface area contributed by atoms with Crippen LogP contribution in [-0.4, -0.2) is 39.5 Å². The van der Waals surface area contributed by atoms with Crippen molar-refractivity contribution in [3.63, 3.8) is 0 Å². The van der Waals surface area contributed by atoms with Crippen LogP contribution in [0.2, 0.25) is 0 Å². The lowest BCUT2D eigenvalue weighted by Gasteiger charge is -2.26. The van der Waals surface area contributed by atoms with Gasteiger partial charge in [-0.3, -0.25) is 9.59 Å². The molecule has 23 heavy (non-hydrogen) atoms. The molecule has 2 aromatic rings. The molecule has 1 atom stereocenters. The van der Waals surface area contributed by atoms with Gasteiger partial charge in [-0.05, 0) is 20.3 Å². The van der Waals surface area contributed by atoms with Crippen LogP contribution in [0.3, 0.4) is 0 Å². The van der Waals surface area contributed by atoms with Gasteiger partial charge in [-0.15, -0.1) is 11.3 Å². The van der Waals surface area contributed by atoms with E-state index in [4.69, 9.17) is 5.11 Å². The third-order valence-electron chi connectivity index (χ3n) is 3.70. The molecule has 1 heterocycles. The fraction of sp³-hybridized carbons (Fsp3) is 0.353. The number of hydrogen-bond acceptors (Lipinski definition) is 4. The summed E-state index contributed by atoms with van der Waals surface area (Å²) >= 11 is 1.31. The van der Waals surface area contributed by atoms with Crippen molar-refractivity contribution in [1.82, 2.24) is 9.88 Å². The van der Waals surface area contributed by atoms with E-state index in [-0.39, 0.29) is 18.5 Å². The SMILES string of the molecule is CCC(C)N(CC(=O)O)C(=O)c1sc(-c2ccccc2)nc1C. The number of benzene rings is 1. The van der Waals surface area contributed by atoms with E-state index < -0.39 is 5.97 Å². The lowest BCUT2D eigenvalue weighted by Crippen LogP contribution is -2.41. The van der Waals surface area contributed by atoms with Gasteiger partial charge in [0.1, 0.15) is 16.4 Å². The number of nitrogens with zero attached hydrogens (tertiary/aromatic N) is 2. The number of amides is 1. The van der Waals surface area contributed by atoms with Crippen LogP contribution in [0.15, 0.2) is 30.3 Å². The average molecular weight is 332 g/mol. The lowest BCUT2D eigenvalue weighted by molar-refractivity contribution is -0.138. The van der Waals surface area contributed by atoms with Gasteiger partial charge in [-0.25, -0.2) is 4.98 Å². The maximum Gasteiger partial charge on any atom is 0.323 e. The molecule has 0 aliphatic heterocycles. The summed E-state index contributed by atoms with van der Waals surface area (Å²) in [7, 11) is 0. The molecule has 0 saturated carbocycles. The molecule has 1 amide bonds. The zero-order valence-corrected chi connectivity index (χ0v) is 14.3. The largest absolute Gasteiger partial charge is 0.480 e. The highest BCUT2D eigenvalue weighted by molar-refractivity contribution is 7.17.